The molecule has 0 spiro atoms. The third kappa shape index (κ3) is 2.93. The van der Waals surface area contributed by atoms with E-state index in [0.29, 0.717) is 0 Å². The van der Waals surface area contributed by atoms with Crippen LogP contribution in [0.5, 0.6) is 0 Å². The fraction of sp³-hybridized carbons (Fsp3) is 0.778. The lowest BCUT2D eigenvalue weighted by Gasteiger charge is -2.40. The van der Waals surface area contributed by atoms with E-state index in [1.165, 1.54) is 0 Å². The second-order valence-corrected chi connectivity index (χ2v) is 3.95. The van der Waals surface area contributed by atoms with Gasteiger partial charge in [0, 0.05) is 25.3 Å². The normalized spacial score (nSPS) is 11.9. The van der Waals surface area contributed by atoms with Gasteiger partial charge in [-0.15, -0.1) is 0 Å². The van der Waals surface area contributed by atoms with Crippen LogP contribution in [0.2, 0.25) is 0 Å². The van der Waals surface area contributed by atoms with E-state index in [4.69, 9.17) is 0 Å². The molecular formula is C9H20N2. The molecule has 0 atom stereocenters. The number of nitrogens with zero attached hydrogens (tertiary/aromatic N) is 2. The largest absolute Gasteiger partial charge is 0.314 e. The predicted octanol–water partition coefficient (Wildman–Crippen LogP) is 2.10. The molecule has 66 valence electrons. The van der Waals surface area contributed by atoms with Crippen LogP contribution >= 0.6 is 0 Å². The van der Waals surface area contributed by atoms with Crippen molar-refractivity contribution < 1.29 is 0 Å². The summed E-state index contributed by atoms with van der Waals surface area (Å²) < 4.78 is 0. The third-order valence-electron chi connectivity index (χ3n) is 1.97. The molecule has 0 bridgehead atoms. The number of allylic oxidation sites excluding steroid dienone is 1. The van der Waals surface area contributed by atoms with Crippen LogP contribution in [0.25, 0.3) is 0 Å². The van der Waals surface area contributed by atoms with Gasteiger partial charge in [0.1, 0.15) is 0 Å². The minimum Gasteiger partial charge on any atom is -0.314 e. The van der Waals surface area contributed by atoms with Crippen LogP contribution in [-0.2, 0) is 0 Å². The topological polar surface area (TPSA) is 6.48 Å². The lowest BCUT2D eigenvalue weighted by molar-refractivity contribution is -0.0190. The first kappa shape index (κ1) is 10.5. The van der Waals surface area contributed by atoms with E-state index in [2.05, 4.69) is 44.4 Å². The van der Waals surface area contributed by atoms with E-state index in [1.54, 1.807) is 0 Å². The average Bonchev–Trinajstić information content (AvgIpc) is 1.82. The maximum absolute atomic E-state index is 3.87. The summed E-state index contributed by atoms with van der Waals surface area (Å²) in [5.41, 5.74) is 1.22. The van der Waals surface area contributed by atoms with Gasteiger partial charge < -0.3 is 5.01 Å². The van der Waals surface area contributed by atoms with Crippen LogP contribution < -0.4 is 0 Å². The first-order chi connectivity index (χ1) is 4.76. The van der Waals surface area contributed by atoms with Gasteiger partial charge in [0.25, 0.3) is 0 Å². The van der Waals surface area contributed by atoms with Crippen molar-refractivity contribution in [3.8, 4) is 0 Å². The van der Waals surface area contributed by atoms with Crippen molar-refractivity contribution in [1.29, 1.82) is 0 Å². The molecule has 0 aromatic rings. The van der Waals surface area contributed by atoms with E-state index >= 15 is 0 Å². The van der Waals surface area contributed by atoms with Crippen LogP contribution in [0.15, 0.2) is 12.3 Å². The molecule has 0 rings (SSSR count). The second-order valence-electron chi connectivity index (χ2n) is 3.95. The van der Waals surface area contributed by atoms with Gasteiger partial charge in [-0.1, -0.05) is 6.58 Å². The summed E-state index contributed by atoms with van der Waals surface area (Å²) in [7, 11) is 4.09. The maximum Gasteiger partial charge on any atom is 0.0316 e. The molecular weight excluding hydrogens is 136 g/mol. The predicted molar refractivity (Wildman–Crippen MR) is 50.1 cm³/mol. The molecule has 0 aromatic heterocycles. The zero-order chi connectivity index (χ0) is 9.23. The van der Waals surface area contributed by atoms with E-state index in [1.807, 2.05) is 14.0 Å². The van der Waals surface area contributed by atoms with Gasteiger partial charge in [-0.2, -0.15) is 0 Å². The Bertz CT molecular complexity index is 144. The average molecular weight is 156 g/mol. The minimum absolute atomic E-state index is 0.160. The van der Waals surface area contributed by atoms with Gasteiger partial charge in [0.2, 0.25) is 0 Å². The van der Waals surface area contributed by atoms with Crippen LogP contribution in [0, 0.1) is 0 Å². The lowest BCUT2D eigenvalue weighted by Crippen LogP contribution is -2.47. The highest BCUT2D eigenvalue weighted by atomic mass is 15.6. The molecule has 0 fully saturated rings. The quantitative estimate of drug-likeness (QED) is 0.565. The number of rotatable bonds is 2. The van der Waals surface area contributed by atoms with Crippen LogP contribution in [0.4, 0.5) is 0 Å². The first-order valence-electron chi connectivity index (χ1n) is 3.90. The van der Waals surface area contributed by atoms with E-state index < -0.39 is 0 Å². The Labute approximate surface area is 70.5 Å². The molecule has 2 nitrogen and oxygen atoms in total. The van der Waals surface area contributed by atoms with E-state index in [-0.39, 0.29) is 5.54 Å². The van der Waals surface area contributed by atoms with Crippen molar-refractivity contribution >= 4 is 0 Å². The lowest BCUT2D eigenvalue weighted by atomic mass is 10.1. The summed E-state index contributed by atoms with van der Waals surface area (Å²) in [6.07, 6.45) is 0. The molecule has 0 aliphatic rings. The van der Waals surface area contributed by atoms with Crippen molar-refractivity contribution in [2.75, 3.05) is 14.1 Å². The van der Waals surface area contributed by atoms with Gasteiger partial charge >= 0.3 is 0 Å². The molecule has 0 saturated heterocycles. The highest BCUT2D eigenvalue weighted by Crippen LogP contribution is 2.14. The SMILES string of the molecule is C=C(C)N(C)N(C)C(C)(C)C. The molecule has 0 aliphatic heterocycles. The Morgan fingerprint density at radius 3 is 1.64 bits per heavy atom. The van der Waals surface area contributed by atoms with Crippen molar-refractivity contribution in [3.63, 3.8) is 0 Å². The molecule has 0 aromatic carbocycles. The third-order valence-corrected chi connectivity index (χ3v) is 1.97. The van der Waals surface area contributed by atoms with Crippen LogP contribution in [0.1, 0.15) is 27.7 Å². The standard InChI is InChI=1S/C9H20N2/c1-8(2)10(6)11(7)9(3,4)5/h1H2,2-7H3. The minimum atomic E-state index is 0.160. The highest BCUT2D eigenvalue weighted by Gasteiger charge is 2.20. The molecule has 0 unspecified atom stereocenters. The monoisotopic (exact) mass is 156 g/mol. The smallest absolute Gasteiger partial charge is 0.0316 e. The molecule has 2 heteroatoms. The number of hydrogen-bond acceptors (Lipinski definition) is 2. The Morgan fingerprint density at radius 2 is 1.55 bits per heavy atom. The maximum atomic E-state index is 3.87. The fourth-order valence-electron chi connectivity index (χ4n) is 0.706. The van der Waals surface area contributed by atoms with Gasteiger partial charge in [0.15, 0.2) is 0 Å². The summed E-state index contributed by atoms with van der Waals surface area (Å²) in [6, 6.07) is 0. The first-order valence-corrected chi connectivity index (χ1v) is 3.90. The Hall–Kier alpha value is -0.500. The summed E-state index contributed by atoms with van der Waals surface area (Å²) >= 11 is 0. The summed E-state index contributed by atoms with van der Waals surface area (Å²) in [4.78, 5) is 0. The van der Waals surface area contributed by atoms with Gasteiger partial charge in [-0.3, -0.25) is 0 Å². The molecule has 0 N–H and O–H groups in total. The second kappa shape index (κ2) is 3.26. The zero-order valence-corrected chi connectivity index (χ0v) is 8.60. The molecule has 11 heavy (non-hydrogen) atoms. The Balaban J connectivity index is 4.25. The van der Waals surface area contributed by atoms with Crippen molar-refractivity contribution in [3.05, 3.63) is 12.3 Å². The van der Waals surface area contributed by atoms with Gasteiger partial charge in [0.05, 0.1) is 0 Å². The molecule has 0 aliphatic carbocycles. The fourth-order valence-corrected chi connectivity index (χ4v) is 0.706. The van der Waals surface area contributed by atoms with Crippen molar-refractivity contribution in [2.45, 2.75) is 33.2 Å². The Morgan fingerprint density at radius 1 is 1.18 bits per heavy atom. The number of hydrogen-bond donors (Lipinski definition) is 0. The molecule has 0 heterocycles. The summed E-state index contributed by atoms with van der Waals surface area (Å²) in [5.74, 6) is 0. The highest BCUT2D eigenvalue weighted by molar-refractivity contribution is 4.86. The molecule has 0 radical (unpaired) electrons. The molecule has 0 saturated carbocycles. The molecule has 0 amide bonds. The number of hydrazine groups is 1. The zero-order valence-electron chi connectivity index (χ0n) is 8.60. The van der Waals surface area contributed by atoms with Gasteiger partial charge in [-0.05, 0) is 27.7 Å². The summed E-state index contributed by atoms with van der Waals surface area (Å²) in [6.45, 7) is 12.4. The van der Waals surface area contributed by atoms with E-state index in [0.717, 1.165) is 5.70 Å². The van der Waals surface area contributed by atoms with Gasteiger partial charge in [-0.25, -0.2) is 5.01 Å². The van der Waals surface area contributed by atoms with Crippen molar-refractivity contribution in [1.82, 2.24) is 10.0 Å². The van der Waals surface area contributed by atoms with Crippen molar-refractivity contribution in [2.24, 2.45) is 0 Å². The van der Waals surface area contributed by atoms with Crippen LogP contribution in [-0.4, -0.2) is 29.7 Å². The summed E-state index contributed by atoms with van der Waals surface area (Å²) in [5, 5.41) is 4.22. The van der Waals surface area contributed by atoms with E-state index in [9.17, 15) is 0 Å². The van der Waals surface area contributed by atoms with Crippen LogP contribution in [0.3, 0.4) is 0 Å². The Kier molecular flexibility index (Phi) is 3.12.